The molecule has 0 N–H and O–H groups in total. The maximum atomic E-state index is 11.2. The molecule has 0 atom stereocenters. The SMILES string of the molecule is CC(=O)c1nnnn1-c1ccc(Cl)cc1. The second-order valence-corrected chi connectivity index (χ2v) is 3.38. The van der Waals surface area contributed by atoms with Gasteiger partial charge in [-0.3, -0.25) is 4.79 Å². The molecule has 5 nitrogen and oxygen atoms in total. The molecule has 0 aliphatic carbocycles. The molecule has 1 aromatic heterocycles. The van der Waals surface area contributed by atoms with Gasteiger partial charge in [0.25, 0.3) is 0 Å². The van der Waals surface area contributed by atoms with Gasteiger partial charge in [0.15, 0.2) is 5.78 Å². The molecule has 0 aliphatic rings. The molecule has 0 unspecified atom stereocenters. The van der Waals surface area contributed by atoms with Crippen molar-refractivity contribution in [3.8, 4) is 5.69 Å². The summed E-state index contributed by atoms with van der Waals surface area (Å²) in [6, 6.07) is 6.90. The van der Waals surface area contributed by atoms with E-state index in [-0.39, 0.29) is 11.6 Å². The zero-order chi connectivity index (χ0) is 10.8. The molecule has 2 aromatic rings. The number of carbonyl (C=O) groups is 1. The molecular formula is C9H7ClN4O. The molecule has 6 heteroatoms. The average molecular weight is 223 g/mol. The lowest BCUT2D eigenvalue weighted by molar-refractivity contribution is 0.100. The Bertz CT molecular complexity index is 491. The van der Waals surface area contributed by atoms with Gasteiger partial charge in [-0.1, -0.05) is 11.6 Å². The summed E-state index contributed by atoms with van der Waals surface area (Å²) in [5.74, 6) is 0.0206. The molecular weight excluding hydrogens is 216 g/mol. The number of hydrogen-bond donors (Lipinski definition) is 0. The minimum Gasteiger partial charge on any atom is -0.291 e. The lowest BCUT2D eigenvalue weighted by Crippen LogP contribution is -2.06. The first-order chi connectivity index (χ1) is 7.18. The maximum absolute atomic E-state index is 11.2. The summed E-state index contributed by atoms with van der Waals surface area (Å²) in [4.78, 5) is 11.2. The van der Waals surface area contributed by atoms with E-state index in [2.05, 4.69) is 15.5 Å². The number of Topliss-reactive ketones (excluding diaryl/α,β-unsaturated/α-hetero) is 1. The second-order valence-electron chi connectivity index (χ2n) is 2.95. The predicted octanol–water partition coefficient (Wildman–Crippen LogP) is 1.52. The maximum Gasteiger partial charge on any atom is 0.222 e. The van der Waals surface area contributed by atoms with Gasteiger partial charge in [-0.05, 0) is 34.7 Å². The number of benzene rings is 1. The zero-order valence-corrected chi connectivity index (χ0v) is 8.64. The van der Waals surface area contributed by atoms with Crippen molar-refractivity contribution in [3.63, 3.8) is 0 Å². The first-order valence-electron chi connectivity index (χ1n) is 4.24. The van der Waals surface area contributed by atoms with E-state index in [0.717, 1.165) is 0 Å². The molecule has 15 heavy (non-hydrogen) atoms. The number of hydrogen-bond acceptors (Lipinski definition) is 4. The Hall–Kier alpha value is -1.75. The molecule has 0 saturated heterocycles. The van der Waals surface area contributed by atoms with Crippen molar-refractivity contribution < 1.29 is 4.79 Å². The van der Waals surface area contributed by atoms with E-state index >= 15 is 0 Å². The fourth-order valence-corrected chi connectivity index (χ4v) is 1.29. The Balaban J connectivity index is 2.49. The third-order valence-electron chi connectivity index (χ3n) is 1.86. The van der Waals surface area contributed by atoms with Crippen LogP contribution < -0.4 is 0 Å². The van der Waals surface area contributed by atoms with E-state index in [0.29, 0.717) is 10.7 Å². The van der Waals surface area contributed by atoms with Crippen molar-refractivity contribution in [2.24, 2.45) is 0 Å². The summed E-state index contributed by atoms with van der Waals surface area (Å²) in [6.07, 6.45) is 0. The Labute approximate surface area is 90.7 Å². The van der Waals surface area contributed by atoms with Gasteiger partial charge < -0.3 is 0 Å². The number of rotatable bonds is 2. The average Bonchev–Trinajstić information content (AvgIpc) is 2.67. The van der Waals surface area contributed by atoms with Crippen LogP contribution in [0.4, 0.5) is 0 Å². The highest BCUT2D eigenvalue weighted by molar-refractivity contribution is 6.30. The van der Waals surface area contributed by atoms with Crippen LogP contribution in [0.3, 0.4) is 0 Å². The number of halogens is 1. The van der Waals surface area contributed by atoms with Gasteiger partial charge in [-0.2, -0.15) is 4.68 Å². The summed E-state index contributed by atoms with van der Waals surface area (Å²) in [6.45, 7) is 1.41. The number of nitrogens with zero attached hydrogens (tertiary/aromatic N) is 4. The third-order valence-corrected chi connectivity index (χ3v) is 2.11. The van der Waals surface area contributed by atoms with Crippen molar-refractivity contribution in [2.45, 2.75) is 6.92 Å². The molecule has 0 fully saturated rings. The molecule has 2 rings (SSSR count). The summed E-state index contributed by atoms with van der Waals surface area (Å²) in [7, 11) is 0. The van der Waals surface area contributed by atoms with Crippen molar-refractivity contribution in [1.82, 2.24) is 20.2 Å². The van der Waals surface area contributed by atoms with Gasteiger partial charge in [-0.25, -0.2) is 0 Å². The van der Waals surface area contributed by atoms with Gasteiger partial charge in [0, 0.05) is 11.9 Å². The van der Waals surface area contributed by atoms with E-state index in [1.54, 1.807) is 24.3 Å². The minimum absolute atomic E-state index is 0.185. The number of aromatic nitrogens is 4. The number of ketones is 1. The van der Waals surface area contributed by atoms with E-state index in [4.69, 9.17) is 11.6 Å². The number of tetrazole rings is 1. The Morgan fingerprint density at radius 3 is 2.60 bits per heavy atom. The van der Waals surface area contributed by atoms with Crippen LogP contribution >= 0.6 is 11.6 Å². The highest BCUT2D eigenvalue weighted by Gasteiger charge is 2.11. The molecule has 0 amide bonds. The first kappa shape index (κ1) is 9.79. The topological polar surface area (TPSA) is 60.7 Å². The van der Waals surface area contributed by atoms with Crippen molar-refractivity contribution in [1.29, 1.82) is 0 Å². The molecule has 1 aromatic carbocycles. The standard InChI is InChI=1S/C9H7ClN4O/c1-6(15)9-11-12-13-14(9)8-4-2-7(10)3-5-8/h2-5H,1H3. The van der Waals surface area contributed by atoms with Crippen LogP contribution in [0, 0.1) is 0 Å². The van der Waals surface area contributed by atoms with E-state index in [1.807, 2.05) is 0 Å². The van der Waals surface area contributed by atoms with Crippen molar-refractivity contribution >= 4 is 17.4 Å². The van der Waals surface area contributed by atoms with E-state index in [1.165, 1.54) is 11.6 Å². The molecule has 76 valence electrons. The monoisotopic (exact) mass is 222 g/mol. The summed E-state index contributed by atoms with van der Waals surface area (Å²) < 4.78 is 1.37. The molecule has 0 bridgehead atoms. The van der Waals surface area contributed by atoms with E-state index < -0.39 is 0 Å². The van der Waals surface area contributed by atoms with Crippen molar-refractivity contribution in [2.75, 3.05) is 0 Å². The zero-order valence-electron chi connectivity index (χ0n) is 7.88. The summed E-state index contributed by atoms with van der Waals surface area (Å²) in [5.41, 5.74) is 0.703. The summed E-state index contributed by atoms with van der Waals surface area (Å²) >= 11 is 5.75. The lowest BCUT2D eigenvalue weighted by Gasteiger charge is -2.01. The van der Waals surface area contributed by atoms with Gasteiger partial charge in [0.1, 0.15) is 0 Å². The fourth-order valence-electron chi connectivity index (χ4n) is 1.16. The summed E-state index contributed by atoms with van der Waals surface area (Å²) in [5, 5.41) is 11.4. The van der Waals surface area contributed by atoms with Crippen LogP contribution in [0.1, 0.15) is 17.5 Å². The quantitative estimate of drug-likeness (QED) is 0.723. The van der Waals surface area contributed by atoms with Crippen LogP contribution in [0.2, 0.25) is 5.02 Å². The predicted molar refractivity (Wildman–Crippen MR) is 54.2 cm³/mol. The lowest BCUT2D eigenvalue weighted by atomic mass is 10.3. The normalized spacial score (nSPS) is 10.3. The van der Waals surface area contributed by atoms with Gasteiger partial charge in [0.05, 0.1) is 5.69 Å². The highest BCUT2D eigenvalue weighted by Crippen LogP contribution is 2.13. The van der Waals surface area contributed by atoms with Gasteiger partial charge >= 0.3 is 0 Å². The minimum atomic E-state index is -0.185. The second kappa shape index (κ2) is 3.78. The van der Waals surface area contributed by atoms with Gasteiger partial charge in [-0.15, -0.1) is 5.10 Å². The Morgan fingerprint density at radius 1 is 1.33 bits per heavy atom. The van der Waals surface area contributed by atoms with Crippen LogP contribution in [-0.2, 0) is 0 Å². The highest BCUT2D eigenvalue weighted by atomic mass is 35.5. The van der Waals surface area contributed by atoms with Crippen LogP contribution in [0.25, 0.3) is 5.69 Å². The van der Waals surface area contributed by atoms with Crippen LogP contribution in [0.5, 0.6) is 0 Å². The first-order valence-corrected chi connectivity index (χ1v) is 4.61. The molecule has 0 aliphatic heterocycles. The van der Waals surface area contributed by atoms with Crippen LogP contribution in [-0.4, -0.2) is 26.0 Å². The number of carbonyl (C=O) groups excluding carboxylic acids is 1. The largest absolute Gasteiger partial charge is 0.291 e. The third kappa shape index (κ3) is 1.87. The van der Waals surface area contributed by atoms with Crippen molar-refractivity contribution in [3.05, 3.63) is 35.1 Å². The molecule has 0 radical (unpaired) electrons. The Morgan fingerprint density at radius 2 is 2.00 bits per heavy atom. The van der Waals surface area contributed by atoms with E-state index in [9.17, 15) is 4.79 Å². The van der Waals surface area contributed by atoms with Gasteiger partial charge in [0.2, 0.25) is 5.82 Å². The Kier molecular flexibility index (Phi) is 2.47. The smallest absolute Gasteiger partial charge is 0.222 e. The van der Waals surface area contributed by atoms with Crippen LogP contribution in [0.15, 0.2) is 24.3 Å². The molecule has 0 saturated carbocycles. The molecule has 0 spiro atoms. The fraction of sp³-hybridized carbons (Fsp3) is 0.111. The molecule has 1 heterocycles.